The fraction of sp³-hybridized carbons (Fsp3) is 0.357. The van der Waals surface area contributed by atoms with E-state index < -0.39 is 6.10 Å². The lowest BCUT2D eigenvalue weighted by molar-refractivity contribution is -0.151. The van der Waals surface area contributed by atoms with E-state index in [-0.39, 0.29) is 18.9 Å². The van der Waals surface area contributed by atoms with Crippen LogP contribution in [0.1, 0.15) is 28.4 Å². The average Bonchev–Trinajstić information content (AvgIpc) is 2.93. The Kier molecular flexibility index (Phi) is 9.20. The molecule has 0 N–H and O–H groups in total. The van der Waals surface area contributed by atoms with Gasteiger partial charge >= 0.3 is 5.97 Å². The molecule has 1 aliphatic heterocycles. The van der Waals surface area contributed by atoms with Gasteiger partial charge in [-0.3, -0.25) is 14.7 Å². The molecule has 0 saturated heterocycles. The summed E-state index contributed by atoms with van der Waals surface area (Å²) in [6.45, 7) is 1.42. The van der Waals surface area contributed by atoms with Gasteiger partial charge in [-0.1, -0.05) is 29.3 Å². The summed E-state index contributed by atoms with van der Waals surface area (Å²) in [5, 5.41) is 0.798. The molecule has 0 aliphatic carbocycles. The number of rotatable bonds is 10. The number of pyridine rings is 1. The van der Waals surface area contributed by atoms with Gasteiger partial charge in [-0.2, -0.15) is 0 Å². The third-order valence-corrected chi connectivity index (χ3v) is 7.20. The summed E-state index contributed by atoms with van der Waals surface area (Å²) in [7, 11) is 6.35. The number of carbonyl (C=O) groups excluding carboxylic acids is 1. The van der Waals surface area contributed by atoms with Crippen molar-refractivity contribution in [1.29, 1.82) is 0 Å². The maximum atomic E-state index is 13.2. The standard InChI is InChI=1S/C28H30Cl2N2O6/c1-34-23-6-5-18(10-25(23)35-2)24(12-20-21(29)13-31-14-22(20)30)38-28(33)16-32-8-7-17-9-26(36-3)27(37-4)11-19(17)15-32/h5-6,9-11,13-14,24H,7-8,12,15-16H2,1-4H3/t24-/m0/s1. The number of nitrogens with zero attached hydrogens (tertiary/aromatic N) is 2. The number of halogens is 2. The van der Waals surface area contributed by atoms with Gasteiger partial charge in [0.25, 0.3) is 0 Å². The minimum atomic E-state index is -0.666. The van der Waals surface area contributed by atoms with E-state index in [1.807, 2.05) is 18.2 Å². The van der Waals surface area contributed by atoms with Crippen molar-refractivity contribution in [2.24, 2.45) is 0 Å². The van der Waals surface area contributed by atoms with Gasteiger partial charge < -0.3 is 23.7 Å². The largest absolute Gasteiger partial charge is 0.493 e. The Morgan fingerprint density at radius 1 is 0.895 bits per heavy atom. The first-order valence-corrected chi connectivity index (χ1v) is 12.8. The molecule has 1 atom stereocenters. The van der Waals surface area contributed by atoms with Gasteiger partial charge in [-0.05, 0) is 52.9 Å². The van der Waals surface area contributed by atoms with Crippen molar-refractivity contribution >= 4 is 29.2 Å². The summed E-state index contributed by atoms with van der Waals surface area (Å²) in [5.41, 5.74) is 3.63. The molecular formula is C28H30Cl2N2O6. The number of esters is 1. The minimum Gasteiger partial charge on any atom is -0.493 e. The first-order valence-electron chi connectivity index (χ1n) is 12.0. The highest BCUT2D eigenvalue weighted by Crippen LogP contribution is 2.36. The molecule has 0 saturated carbocycles. The number of ether oxygens (including phenoxy) is 5. The van der Waals surface area contributed by atoms with Gasteiger partial charge in [0.1, 0.15) is 6.10 Å². The summed E-state index contributed by atoms with van der Waals surface area (Å²) in [6, 6.07) is 9.36. The van der Waals surface area contributed by atoms with Gasteiger partial charge in [0.05, 0.1) is 45.0 Å². The summed E-state index contributed by atoms with van der Waals surface area (Å²) in [4.78, 5) is 19.3. The van der Waals surface area contributed by atoms with Crippen molar-refractivity contribution in [2.45, 2.75) is 25.5 Å². The third kappa shape index (κ3) is 6.26. The van der Waals surface area contributed by atoms with Crippen LogP contribution in [0.15, 0.2) is 42.7 Å². The van der Waals surface area contributed by atoms with Crippen molar-refractivity contribution in [3.05, 3.63) is 75.0 Å². The van der Waals surface area contributed by atoms with E-state index in [4.69, 9.17) is 46.9 Å². The van der Waals surface area contributed by atoms with Crippen LogP contribution in [0.3, 0.4) is 0 Å². The van der Waals surface area contributed by atoms with Gasteiger partial charge in [0.2, 0.25) is 0 Å². The molecule has 0 bridgehead atoms. The smallest absolute Gasteiger partial charge is 0.320 e. The molecular weight excluding hydrogens is 531 g/mol. The quantitative estimate of drug-likeness (QED) is 0.309. The molecule has 1 aliphatic rings. The topological polar surface area (TPSA) is 79.4 Å². The van der Waals surface area contributed by atoms with Gasteiger partial charge in [-0.15, -0.1) is 0 Å². The highest BCUT2D eigenvalue weighted by atomic mass is 35.5. The molecule has 10 heteroatoms. The zero-order valence-corrected chi connectivity index (χ0v) is 23.3. The van der Waals surface area contributed by atoms with Crippen molar-refractivity contribution < 1.29 is 28.5 Å². The maximum absolute atomic E-state index is 13.2. The average molecular weight is 561 g/mol. The fourth-order valence-corrected chi connectivity index (χ4v) is 5.07. The Morgan fingerprint density at radius 2 is 1.50 bits per heavy atom. The van der Waals surface area contributed by atoms with Crippen LogP contribution in [0.2, 0.25) is 10.0 Å². The van der Waals surface area contributed by atoms with E-state index in [9.17, 15) is 4.79 Å². The van der Waals surface area contributed by atoms with E-state index in [1.165, 1.54) is 18.0 Å². The van der Waals surface area contributed by atoms with Crippen LogP contribution in [0.25, 0.3) is 0 Å². The van der Waals surface area contributed by atoms with E-state index in [2.05, 4.69) is 9.88 Å². The molecule has 0 radical (unpaired) electrons. The zero-order chi connectivity index (χ0) is 27.2. The molecule has 2 aromatic carbocycles. The second kappa shape index (κ2) is 12.6. The van der Waals surface area contributed by atoms with E-state index in [1.54, 1.807) is 40.6 Å². The number of fused-ring (bicyclic) bond motifs is 1. The molecule has 2 heterocycles. The predicted molar refractivity (Wildman–Crippen MR) is 145 cm³/mol. The summed E-state index contributed by atoms with van der Waals surface area (Å²) in [5.74, 6) is 2.09. The lowest BCUT2D eigenvalue weighted by Gasteiger charge is -2.29. The van der Waals surface area contributed by atoms with Crippen LogP contribution >= 0.6 is 23.2 Å². The lowest BCUT2D eigenvalue weighted by atomic mass is 9.99. The van der Waals surface area contributed by atoms with Gasteiger partial charge in [-0.25, -0.2) is 0 Å². The van der Waals surface area contributed by atoms with E-state index >= 15 is 0 Å². The second-order valence-electron chi connectivity index (χ2n) is 8.82. The molecule has 1 aromatic heterocycles. The Balaban J connectivity index is 1.54. The molecule has 4 rings (SSSR count). The van der Waals surface area contributed by atoms with E-state index in [0.717, 1.165) is 17.5 Å². The highest BCUT2D eigenvalue weighted by Gasteiger charge is 2.26. The van der Waals surface area contributed by atoms with Crippen LogP contribution in [-0.2, 0) is 28.9 Å². The number of benzene rings is 2. The molecule has 202 valence electrons. The van der Waals surface area contributed by atoms with E-state index in [0.29, 0.717) is 51.7 Å². The van der Waals surface area contributed by atoms with Crippen LogP contribution in [-0.4, -0.2) is 57.4 Å². The molecule has 3 aromatic rings. The third-order valence-electron chi connectivity index (χ3n) is 6.54. The number of hydrogen-bond donors (Lipinski definition) is 0. The number of carbonyl (C=O) groups is 1. The summed E-state index contributed by atoms with van der Waals surface area (Å²) in [6.07, 6.45) is 3.42. The molecule has 0 spiro atoms. The van der Waals surface area contributed by atoms with Gasteiger partial charge in [0.15, 0.2) is 23.0 Å². The summed E-state index contributed by atoms with van der Waals surface area (Å²) < 4.78 is 27.7. The van der Waals surface area contributed by atoms with Crippen molar-refractivity contribution in [3.63, 3.8) is 0 Å². The number of aromatic nitrogens is 1. The Bertz CT molecular complexity index is 1280. The lowest BCUT2D eigenvalue weighted by Crippen LogP contribution is -2.36. The molecule has 0 unspecified atom stereocenters. The Labute approximate surface area is 232 Å². The van der Waals surface area contributed by atoms with Crippen LogP contribution < -0.4 is 18.9 Å². The SMILES string of the molecule is COc1ccc([C@H](Cc2c(Cl)cncc2Cl)OC(=O)CN2CCc3cc(OC)c(OC)cc3C2)cc1OC. The number of methoxy groups -OCH3 is 4. The first kappa shape index (κ1) is 27.8. The zero-order valence-electron chi connectivity index (χ0n) is 21.8. The molecule has 38 heavy (non-hydrogen) atoms. The highest BCUT2D eigenvalue weighted by molar-refractivity contribution is 6.35. The summed E-state index contributed by atoms with van der Waals surface area (Å²) >= 11 is 12.8. The normalized spacial score (nSPS) is 13.8. The Morgan fingerprint density at radius 3 is 2.13 bits per heavy atom. The fourth-order valence-electron chi connectivity index (χ4n) is 4.55. The molecule has 8 nitrogen and oxygen atoms in total. The maximum Gasteiger partial charge on any atom is 0.320 e. The Hall–Kier alpha value is -3.20. The predicted octanol–water partition coefficient (Wildman–Crippen LogP) is 5.31. The van der Waals surface area contributed by atoms with Crippen LogP contribution in [0.5, 0.6) is 23.0 Å². The van der Waals surface area contributed by atoms with Gasteiger partial charge in [0, 0.05) is 31.9 Å². The monoisotopic (exact) mass is 560 g/mol. The van der Waals surface area contributed by atoms with Crippen molar-refractivity contribution in [3.8, 4) is 23.0 Å². The number of hydrogen-bond acceptors (Lipinski definition) is 8. The van der Waals surface area contributed by atoms with Crippen molar-refractivity contribution in [1.82, 2.24) is 9.88 Å². The molecule has 0 fully saturated rings. The van der Waals surface area contributed by atoms with Crippen LogP contribution in [0.4, 0.5) is 0 Å². The second-order valence-corrected chi connectivity index (χ2v) is 9.63. The van der Waals surface area contributed by atoms with Crippen molar-refractivity contribution in [2.75, 3.05) is 41.5 Å². The first-order chi connectivity index (χ1) is 18.4. The minimum absolute atomic E-state index is 0.120. The van der Waals surface area contributed by atoms with Crippen LogP contribution in [0, 0.1) is 0 Å². The molecule has 0 amide bonds.